The molecule has 1 aliphatic carbocycles. The predicted molar refractivity (Wildman–Crippen MR) is 105 cm³/mol. The van der Waals surface area contributed by atoms with Gasteiger partial charge in [-0.3, -0.25) is 15.5 Å². The Balaban J connectivity index is 1.74. The van der Waals surface area contributed by atoms with E-state index in [1.54, 1.807) is 6.92 Å². The fraction of sp³-hybridized carbons (Fsp3) is 0.889. The SMILES string of the molecule is COC[C@H](C)N/C(=N\C1NNC2CC(F)CCC21)NC(=O)C1CN(C)NC1C(F)(F)F. The molecule has 3 fully saturated rings. The maximum absolute atomic E-state index is 13.7. The molecule has 0 radical (unpaired) electrons. The highest BCUT2D eigenvalue weighted by atomic mass is 19.4. The van der Waals surface area contributed by atoms with Gasteiger partial charge in [0.05, 0.1) is 12.5 Å². The maximum atomic E-state index is 13.7. The third-order valence-electron chi connectivity index (χ3n) is 5.89. The first-order valence-electron chi connectivity index (χ1n) is 10.4. The van der Waals surface area contributed by atoms with Gasteiger partial charge in [-0.1, -0.05) is 0 Å². The first-order valence-corrected chi connectivity index (χ1v) is 10.4. The van der Waals surface area contributed by atoms with Crippen LogP contribution in [0.4, 0.5) is 17.6 Å². The molecule has 0 aromatic carbocycles. The van der Waals surface area contributed by atoms with Gasteiger partial charge < -0.3 is 10.1 Å². The number of hydrogen-bond donors (Lipinski definition) is 5. The molecule has 0 aromatic heterocycles. The number of hydrogen-bond acceptors (Lipinski definition) is 7. The number of rotatable bonds is 5. The lowest BCUT2D eigenvalue weighted by Gasteiger charge is -2.28. The van der Waals surface area contributed by atoms with Crippen LogP contribution < -0.4 is 26.9 Å². The van der Waals surface area contributed by atoms with Gasteiger partial charge in [0, 0.05) is 38.7 Å². The Labute approximate surface area is 178 Å². The van der Waals surface area contributed by atoms with E-state index in [1.165, 1.54) is 19.2 Å². The molecule has 0 spiro atoms. The number of guanidine groups is 1. The van der Waals surface area contributed by atoms with Crippen molar-refractivity contribution in [3.05, 3.63) is 0 Å². The quantitative estimate of drug-likeness (QED) is 0.227. The van der Waals surface area contributed by atoms with Crippen molar-refractivity contribution in [1.29, 1.82) is 0 Å². The van der Waals surface area contributed by atoms with Crippen LogP contribution in [0.25, 0.3) is 0 Å². The summed E-state index contributed by atoms with van der Waals surface area (Å²) in [5, 5.41) is 6.79. The molecule has 9 nitrogen and oxygen atoms in total. The summed E-state index contributed by atoms with van der Waals surface area (Å²) in [7, 11) is 2.97. The molecule has 7 atom stereocenters. The highest BCUT2D eigenvalue weighted by molar-refractivity contribution is 5.98. The minimum absolute atomic E-state index is 0.0145. The average Bonchev–Trinajstić information content (AvgIpc) is 3.25. The Hall–Kier alpha value is -1.54. The number of aliphatic imine (C=N–C) groups is 1. The van der Waals surface area contributed by atoms with Crippen molar-refractivity contribution >= 4 is 11.9 Å². The summed E-state index contributed by atoms with van der Waals surface area (Å²) in [5.74, 6) is -2.04. The number of halogens is 4. The highest BCUT2D eigenvalue weighted by Crippen LogP contribution is 2.32. The lowest BCUT2D eigenvalue weighted by molar-refractivity contribution is -0.168. The van der Waals surface area contributed by atoms with Gasteiger partial charge in [-0.25, -0.2) is 25.2 Å². The van der Waals surface area contributed by atoms with E-state index in [4.69, 9.17) is 4.74 Å². The molecule has 5 N–H and O–H groups in total. The van der Waals surface area contributed by atoms with E-state index in [9.17, 15) is 22.4 Å². The normalized spacial score (nSPS) is 35.6. The standard InChI is InChI=1S/C18H31F4N7O2/c1-9(8-31-3)23-17(24-15-11-5-4-10(19)6-13(11)26-27-15)25-16(30)12-7-29(2)28-14(12)18(20,21)22/h9-15,26-28H,4-8H2,1-3H3,(H2,23,24,25,30)/t9-,10?,11?,12?,13?,14?,15?/m0/s1. The molecule has 3 aliphatic rings. The number of methoxy groups -OCH3 is 1. The summed E-state index contributed by atoms with van der Waals surface area (Å²) in [6.07, 6.45) is -4.48. The van der Waals surface area contributed by atoms with Crippen LogP contribution in [-0.4, -0.2) is 80.8 Å². The second-order valence-electron chi connectivity index (χ2n) is 8.52. The molecule has 178 valence electrons. The van der Waals surface area contributed by atoms with Crippen molar-refractivity contribution in [2.24, 2.45) is 16.8 Å². The molecular weight excluding hydrogens is 422 g/mol. The van der Waals surface area contributed by atoms with Crippen molar-refractivity contribution in [3.63, 3.8) is 0 Å². The van der Waals surface area contributed by atoms with E-state index in [1.807, 2.05) is 0 Å². The fourth-order valence-corrected chi connectivity index (χ4v) is 4.41. The van der Waals surface area contributed by atoms with Crippen molar-refractivity contribution < 1.29 is 27.1 Å². The van der Waals surface area contributed by atoms with Crippen LogP contribution in [0, 0.1) is 11.8 Å². The van der Waals surface area contributed by atoms with Crippen molar-refractivity contribution in [2.45, 2.75) is 62.8 Å². The number of hydrazine groups is 2. The Bertz CT molecular complexity index is 665. The molecule has 3 rings (SSSR count). The number of alkyl halides is 4. The number of fused-ring (bicyclic) bond motifs is 1. The number of amides is 1. The zero-order valence-corrected chi connectivity index (χ0v) is 17.8. The van der Waals surface area contributed by atoms with Gasteiger partial charge in [-0.2, -0.15) is 13.2 Å². The van der Waals surface area contributed by atoms with Crippen LogP contribution in [0.15, 0.2) is 4.99 Å². The summed E-state index contributed by atoms with van der Waals surface area (Å²) < 4.78 is 58.8. The number of carbonyl (C=O) groups excluding carboxylic acids is 1. The summed E-state index contributed by atoms with van der Waals surface area (Å²) in [5.41, 5.74) is 8.33. The van der Waals surface area contributed by atoms with Gasteiger partial charge in [0.1, 0.15) is 18.4 Å². The predicted octanol–water partition coefficient (Wildman–Crippen LogP) is 0.0209. The number of nitrogens with one attached hydrogen (secondary N) is 5. The van der Waals surface area contributed by atoms with Crippen LogP contribution in [-0.2, 0) is 9.53 Å². The second-order valence-corrected chi connectivity index (χ2v) is 8.52. The number of ether oxygens (including phenoxy) is 1. The van der Waals surface area contributed by atoms with E-state index in [0.29, 0.717) is 25.9 Å². The van der Waals surface area contributed by atoms with E-state index < -0.39 is 36.4 Å². The molecule has 2 aliphatic heterocycles. The largest absolute Gasteiger partial charge is 0.405 e. The topological polar surface area (TPSA) is 102 Å². The Kier molecular flexibility index (Phi) is 7.73. The number of nitrogens with zero attached hydrogens (tertiary/aromatic N) is 2. The monoisotopic (exact) mass is 453 g/mol. The molecule has 2 heterocycles. The summed E-state index contributed by atoms with van der Waals surface area (Å²) in [6.45, 7) is 2.01. The Morgan fingerprint density at radius 3 is 2.74 bits per heavy atom. The molecule has 13 heteroatoms. The van der Waals surface area contributed by atoms with E-state index in [0.717, 1.165) is 0 Å². The Morgan fingerprint density at radius 2 is 2.06 bits per heavy atom. The van der Waals surface area contributed by atoms with Crippen molar-refractivity contribution in [3.8, 4) is 0 Å². The second kappa shape index (κ2) is 9.94. The first-order chi connectivity index (χ1) is 14.6. The van der Waals surface area contributed by atoms with Gasteiger partial charge >= 0.3 is 6.18 Å². The van der Waals surface area contributed by atoms with Crippen LogP contribution in [0.5, 0.6) is 0 Å². The summed E-state index contributed by atoms with van der Waals surface area (Å²) >= 11 is 0. The fourth-order valence-electron chi connectivity index (χ4n) is 4.41. The molecule has 0 aromatic rings. The van der Waals surface area contributed by atoms with Crippen molar-refractivity contribution in [1.82, 2.24) is 31.9 Å². The molecule has 1 saturated carbocycles. The van der Waals surface area contributed by atoms with Gasteiger partial charge in [0.2, 0.25) is 5.91 Å². The Morgan fingerprint density at radius 1 is 1.32 bits per heavy atom. The molecule has 2 saturated heterocycles. The van der Waals surface area contributed by atoms with E-state index in [-0.39, 0.29) is 30.5 Å². The van der Waals surface area contributed by atoms with Gasteiger partial charge in [-0.05, 0) is 26.2 Å². The minimum Gasteiger partial charge on any atom is -0.383 e. The average molecular weight is 453 g/mol. The van der Waals surface area contributed by atoms with Gasteiger partial charge in [0.25, 0.3) is 0 Å². The highest BCUT2D eigenvalue weighted by Gasteiger charge is 2.52. The molecular formula is C18H31F4N7O2. The molecule has 31 heavy (non-hydrogen) atoms. The van der Waals surface area contributed by atoms with Crippen LogP contribution in [0.1, 0.15) is 26.2 Å². The maximum Gasteiger partial charge on any atom is 0.405 e. The lowest BCUT2D eigenvalue weighted by atomic mass is 9.83. The van der Waals surface area contributed by atoms with Gasteiger partial charge in [0.15, 0.2) is 5.96 Å². The van der Waals surface area contributed by atoms with Crippen LogP contribution in [0.3, 0.4) is 0 Å². The zero-order chi connectivity index (χ0) is 22.8. The van der Waals surface area contributed by atoms with Crippen LogP contribution >= 0.6 is 0 Å². The van der Waals surface area contributed by atoms with Gasteiger partial charge in [-0.15, -0.1) is 0 Å². The zero-order valence-electron chi connectivity index (χ0n) is 17.8. The third kappa shape index (κ3) is 6.04. The summed E-state index contributed by atoms with van der Waals surface area (Å²) in [6, 6.07) is -2.32. The molecule has 6 unspecified atom stereocenters. The molecule has 1 amide bonds. The summed E-state index contributed by atoms with van der Waals surface area (Å²) in [4.78, 5) is 17.3. The first kappa shape index (κ1) is 24.1. The number of carbonyl (C=O) groups is 1. The van der Waals surface area contributed by atoms with E-state index >= 15 is 0 Å². The molecule has 0 bridgehead atoms. The smallest absolute Gasteiger partial charge is 0.383 e. The van der Waals surface area contributed by atoms with Crippen molar-refractivity contribution in [2.75, 3.05) is 27.3 Å². The lowest BCUT2D eigenvalue weighted by Crippen LogP contribution is -2.53. The third-order valence-corrected chi connectivity index (χ3v) is 5.89. The van der Waals surface area contributed by atoms with E-state index in [2.05, 4.69) is 31.9 Å². The van der Waals surface area contributed by atoms with Crippen LogP contribution in [0.2, 0.25) is 0 Å². The minimum atomic E-state index is -4.57.